The molecule has 1 aromatic carbocycles. The van der Waals surface area contributed by atoms with Crippen LogP contribution in [-0.4, -0.2) is 16.8 Å². The SMILES string of the molecule is CNC(c1ccc(Cl)cc1)c1c(Br)cnn1C(C)C. The monoisotopic (exact) mass is 341 g/mol. The molecule has 0 aliphatic heterocycles. The van der Waals surface area contributed by atoms with Crippen LogP contribution < -0.4 is 5.32 Å². The molecule has 2 rings (SSSR count). The van der Waals surface area contributed by atoms with Crippen LogP contribution >= 0.6 is 27.5 Å². The molecule has 1 aromatic heterocycles. The zero-order chi connectivity index (χ0) is 14.0. The highest BCUT2D eigenvalue weighted by Gasteiger charge is 2.21. The van der Waals surface area contributed by atoms with Gasteiger partial charge in [-0.25, -0.2) is 0 Å². The lowest BCUT2D eigenvalue weighted by atomic mass is 10.0. The van der Waals surface area contributed by atoms with E-state index in [1.54, 1.807) is 0 Å². The van der Waals surface area contributed by atoms with Gasteiger partial charge in [0.1, 0.15) is 0 Å². The van der Waals surface area contributed by atoms with Crippen molar-refractivity contribution >= 4 is 27.5 Å². The molecule has 0 amide bonds. The molecule has 0 aliphatic rings. The van der Waals surface area contributed by atoms with Gasteiger partial charge >= 0.3 is 0 Å². The highest BCUT2D eigenvalue weighted by Crippen LogP contribution is 2.30. The van der Waals surface area contributed by atoms with Gasteiger partial charge in [0.05, 0.1) is 22.4 Å². The van der Waals surface area contributed by atoms with Crippen molar-refractivity contribution in [3.63, 3.8) is 0 Å². The number of aromatic nitrogens is 2. The summed E-state index contributed by atoms with van der Waals surface area (Å²) in [7, 11) is 1.95. The van der Waals surface area contributed by atoms with Gasteiger partial charge in [-0.05, 0) is 54.5 Å². The normalized spacial score (nSPS) is 12.9. The van der Waals surface area contributed by atoms with Crippen LogP contribution in [-0.2, 0) is 0 Å². The van der Waals surface area contributed by atoms with E-state index in [9.17, 15) is 0 Å². The Hall–Kier alpha value is -0.840. The van der Waals surface area contributed by atoms with Crippen molar-refractivity contribution < 1.29 is 0 Å². The molecular formula is C14H17BrClN3. The predicted molar refractivity (Wildman–Crippen MR) is 82.7 cm³/mol. The van der Waals surface area contributed by atoms with Crippen molar-refractivity contribution in [1.29, 1.82) is 0 Å². The molecule has 1 atom stereocenters. The van der Waals surface area contributed by atoms with Gasteiger partial charge in [-0.2, -0.15) is 5.10 Å². The van der Waals surface area contributed by atoms with Crippen LogP contribution in [0.4, 0.5) is 0 Å². The topological polar surface area (TPSA) is 29.9 Å². The molecule has 0 saturated carbocycles. The van der Waals surface area contributed by atoms with Crippen LogP contribution in [0.5, 0.6) is 0 Å². The second kappa shape index (κ2) is 6.07. The third-order valence-electron chi connectivity index (χ3n) is 3.04. The molecule has 0 spiro atoms. The maximum Gasteiger partial charge on any atom is 0.0757 e. The first-order chi connectivity index (χ1) is 9.04. The van der Waals surface area contributed by atoms with Gasteiger partial charge in [-0.15, -0.1) is 0 Å². The molecule has 0 saturated heterocycles. The number of benzene rings is 1. The number of nitrogens with zero attached hydrogens (tertiary/aromatic N) is 2. The first-order valence-electron chi connectivity index (χ1n) is 6.20. The van der Waals surface area contributed by atoms with Crippen LogP contribution in [0.25, 0.3) is 0 Å². The highest BCUT2D eigenvalue weighted by atomic mass is 79.9. The number of hydrogen-bond donors (Lipinski definition) is 1. The van der Waals surface area contributed by atoms with Gasteiger partial charge in [-0.1, -0.05) is 23.7 Å². The summed E-state index contributed by atoms with van der Waals surface area (Å²) in [6, 6.07) is 8.28. The summed E-state index contributed by atoms with van der Waals surface area (Å²) in [6.45, 7) is 4.25. The van der Waals surface area contributed by atoms with Crippen molar-refractivity contribution in [3.05, 3.63) is 51.2 Å². The summed E-state index contributed by atoms with van der Waals surface area (Å²) < 4.78 is 3.04. The van der Waals surface area contributed by atoms with E-state index < -0.39 is 0 Å². The second-order valence-electron chi connectivity index (χ2n) is 4.69. The smallest absolute Gasteiger partial charge is 0.0757 e. The van der Waals surface area contributed by atoms with E-state index in [4.69, 9.17) is 11.6 Å². The van der Waals surface area contributed by atoms with E-state index in [0.717, 1.165) is 20.8 Å². The Kier molecular flexibility index (Phi) is 4.66. The van der Waals surface area contributed by atoms with E-state index in [1.165, 1.54) is 0 Å². The zero-order valence-electron chi connectivity index (χ0n) is 11.2. The van der Waals surface area contributed by atoms with Crippen LogP contribution in [0.3, 0.4) is 0 Å². The lowest BCUT2D eigenvalue weighted by Crippen LogP contribution is -2.22. The maximum absolute atomic E-state index is 5.95. The predicted octanol–water partition coefficient (Wildman–Crippen LogP) is 4.19. The maximum atomic E-state index is 5.95. The van der Waals surface area contributed by atoms with Gasteiger partial charge in [0.2, 0.25) is 0 Å². The summed E-state index contributed by atoms with van der Waals surface area (Å²) in [5.41, 5.74) is 2.29. The van der Waals surface area contributed by atoms with Crippen molar-refractivity contribution in [2.24, 2.45) is 0 Å². The third kappa shape index (κ3) is 3.02. The summed E-state index contributed by atoms with van der Waals surface area (Å²) in [5, 5.41) is 8.52. The molecule has 19 heavy (non-hydrogen) atoms. The molecule has 3 nitrogen and oxygen atoms in total. The molecule has 1 unspecified atom stereocenters. The highest BCUT2D eigenvalue weighted by molar-refractivity contribution is 9.10. The summed E-state index contributed by atoms with van der Waals surface area (Å²) in [5.74, 6) is 0. The fourth-order valence-corrected chi connectivity index (χ4v) is 2.78. The van der Waals surface area contributed by atoms with Crippen LogP contribution in [0, 0.1) is 0 Å². The Balaban J connectivity index is 2.47. The first-order valence-corrected chi connectivity index (χ1v) is 7.37. The van der Waals surface area contributed by atoms with Gasteiger partial charge in [0.25, 0.3) is 0 Å². The Labute approximate surface area is 127 Å². The summed E-state index contributed by atoms with van der Waals surface area (Å²) in [4.78, 5) is 0. The third-order valence-corrected chi connectivity index (χ3v) is 3.90. The van der Waals surface area contributed by atoms with E-state index in [1.807, 2.05) is 42.2 Å². The minimum atomic E-state index is 0.0801. The number of hydrogen-bond acceptors (Lipinski definition) is 2. The van der Waals surface area contributed by atoms with Gasteiger partial charge < -0.3 is 5.32 Å². The summed E-state index contributed by atoms with van der Waals surface area (Å²) in [6.07, 6.45) is 1.84. The quantitative estimate of drug-likeness (QED) is 0.903. The average Bonchev–Trinajstić information content (AvgIpc) is 2.75. The Morgan fingerprint density at radius 2 is 1.89 bits per heavy atom. The van der Waals surface area contributed by atoms with Crippen LogP contribution in [0.15, 0.2) is 34.9 Å². The standard InChI is InChI=1S/C14H17BrClN3/c1-9(2)19-14(12(15)8-18-19)13(17-3)10-4-6-11(16)7-5-10/h4-9,13,17H,1-3H3. The largest absolute Gasteiger partial charge is 0.308 e. The molecule has 1 N–H and O–H groups in total. The van der Waals surface area contributed by atoms with E-state index in [2.05, 4.69) is 40.2 Å². The summed E-state index contributed by atoms with van der Waals surface area (Å²) >= 11 is 9.54. The van der Waals surface area contributed by atoms with Crippen molar-refractivity contribution in [1.82, 2.24) is 15.1 Å². The first kappa shape index (κ1) is 14.6. The molecule has 0 bridgehead atoms. The Bertz CT molecular complexity index is 548. The fraction of sp³-hybridized carbons (Fsp3) is 0.357. The minimum absolute atomic E-state index is 0.0801. The number of rotatable bonds is 4. The molecule has 5 heteroatoms. The van der Waals surface area contributed by atoms with Gasteiger partial charge in [0, 0.05) is 11.1 Å². The van der Waals surface area contributed by atoms with Crippen molar-refractivity contribution in [3.8, 4) is 0 Å². The number of nitrogens with one attached hydrogen (secondary N) is 1. The van der Waals surface area contributed by atoms with Gasteiger partial charge in [0.15, 0.2) is 0 Å². The Morgan fingerprint density at radius 1 is 1.26 bits per heavy atom. The van der Waals surface area contributed by atoms with Crippen LogP contribution in [0.1, 0.15) is 37.2 Å². The van der Waals surface area contributed by atoms with Crippen molar-refractivity contribution in [2.75, 3.05) is 7.05 Å². The van der Waals surface area contributed by atoms with E-state index in [0.29, 0.717) is 6.04 Å². The second-order valence-corrected chi connectivity index (χ2v) is 5.98. The molecule has 102 valence electrons. The number of halogens is 2. The Morgan fingerprint density at radius 3 is 2.42 bits per heavy atom. The molecular weight excluding hydrogens is 326 g/mol. The molecule has 0 radical (unpaired) electrons. The van der Waals surface area contributed by atoms with E-state index >= 15 is 0 Å². The average molecular weight is 343 g/mol. The fourth-order valence-electron chi connectivity index (χ4n) is 2.15. The lowest BCUT2D eigenvalue weighted by molar-refractivity contribution is 0.483. The molecule has 1 heterocycles. The van der Waals surface area contributed by atoms with Gasteiger partial charge in [-0.3, -0.25) is 4.68 Å². The molecule has 2 aromatic rings. The minimum Gasteiger partial charge on any atom is -0.308 e. The van der Waals surface area contributed by atoms with E-state index in [-0.39, 0.29) is 6.04 Å². The zero-order valence-corrected chi connectivity index (χ0v) is 13.5. The van der Waals surface area contributed by atoms with Crippen LogP contribution in [0.2, 0.25) is 5.02 Å². The van der Waals surface area contributed by atoms with Crippen molar-refractivity contribution in [2.45, 2.75) is 25.9 Å². The molecule has 0 aliphatic carbocycles. The lowest BCUT2D eigenvalue weighted by Gasteiger charge is -2.21. The molecule has 0 fully saturated rings.